The number of hydrogen-bond donors (Lipinski definition) is 1. The van der Waals surface area contributed by atoms with Crippen LogP contribution in [0, 0.1) is 29.1 Å². The molecule has 3 nitrogen and oxygen atoms in total. The molecule has 0 saturated heterocycles. The fourth-order valence-electron chi connectivity index (χ4n) is 7.11. The Bertz CT molecular complexity index is 582. The van der Waals surface area contributed by atoms with Crippen molar-refractivity contribution in [1.29, 1.82) is 0 Å². The van der Waals surface area contributed by atoms with Crippen molar-refractivity contribution < 1.29 is 0 Å². The molecule has 4 bridgehead atoms. The van der Waals surface area contributed by atoms with Gasteiger partial charge in [-0.25, -0.2) is 0 Å². The summed E-state index contributed by atoms with van der Waals surface area (Å²) < 4.78 is 1.86. The molecule has 2 atom stereocenters. The summed E-state index contributed by atoms with van der Waals surface area (Å²) in [5.74, 6) is 1.80. The standard InChI is InChI=1S/C18H29N3/c1-12-14(20-21(4)15(12)19)8-18-7-13-5-16(2,10-18)9-17(3,6-13)11-18/h13H,5-11,19H2,1-4H3. The first-order chi connectivity index (χ1) is 9.72. The van der Waals surface area contributed by atoms with Crippen LogP contribution < -0.4 is 5.73 Å². The zero-order valence-electron chi connectivity index (χ0n) is 14.0. The smallest absolute Gasteiger partial charge is 0.124 e. The van der Waals surface area contributed by atoms with Gasteiger partial charge < -0.3 is 5.73 Å². The summed E-state index contributed by atoms with van der Waals surface area (Å²) in [7, 11) is 1.97. The van der Waals surface area contributed by atoms with Gasteiger partial charge in [0.15, 0.2) is 0 Å². The van der Waals surface area contributed by atoms with Crippen LogP contribution in [0.4, 0.5) is 5.82 Å². The highest BCUT2D eigenvalue weighted by Gasteiger charge is 2.59. The molecule has 21 heavy (non-hydrogen) atoms. The van der Waals surface area contributed by atoms with Crippen LogP contribution in [0.25, 0.3) is 0 Å². The Kier molecular flexibility index (Phi) is 2.51. The average molecular weight is 287 g/mol. The summed E-state index contributed by atoms with van der Waals surface area (Å²) in [5.41, 5.74) is 10.3. The van der Waals surface area contributed by atoms with Crippen molar-refractivity contribution in [2.24, 2.45) is 29.2 Å². The van der Waals surface area contributed by atoms with E-state index in [-0.39, 0.29) is 0 Å². The molecule has 1 aromatic heterocycles. The van der Waals surface area contributed by atoms with Gasteiger partial charge in [0.2, 0.25) is 0 Å². The number of nitrogen functional groups attached to an aromatic ring is 1. The van der Waals surface area contributed by atoms with Crippen LogP contribution in [0.3, 0.4) is 0 Å². The first-order valence-electron chi connectivity index (χ1n) is 8.50. The molecule has 5 rings (SSSR count). The molecular weight excluding hydrogens is 258 g/mol. The summed E-state index contributed by atoms with van der Waals surface area (Å²) >= 11 is 0. The number of aromatic nitrogens is 2. The molecule has 0 spiro atoms. The van der Waals surface area contributed by atoms with E-state index >= 15 is 0 Å². The molecule has 4 fully saturated rings. The van der Waals surface area contributed by atoms with Gasteiger partial charge in [-0.1, -0.05) is 13.8 Å². The number of nitrogens with two attached hydrogens (primary N) is 1. The van der Waals surface area contributed by atoms with Crippen molar-refractivity contribution in [2.75, 3.05) is 5.73 Å². The maximum Gasteiger partial charge on any atom is 0.124 e. The molecule has 0 radical (unpaired) electrons. The predicted molar refractivity (Wildman–Crippen MR) is 85.9 cm³/mol. The molecule has 1 aromatic rings. The summed E-state index contributed by atoms with van der Waals surface area (Å²) in [6.45, 7) is 7.23. The van der Waals surface area contributed by atoms with Crippen molar-refractivity contribution >= 4 is 5.82 Å². The van der Waals surface area contributed by atoms with E-state index in [1.807, 2.05) is 11.7 Å². The molecule has 0 amide bonds. The topological polar surface area (TPSA) is 43.8 Å². The predicted octanol–water partition coefficient (Wildman–Crippen LogP) is 3.85. The SMILES string of the molecule is Cc1c(CC23CC4CC(C)(CC(C)(C4)C2)C3)nn(C)c1N. The minimum atomic E-state index is 0.495. The Morgan fingerprint density at radius 2 is 1.76 bits per heavy atom. The summed E-state index contributed by atoms with van der Waals surface area (Å²) in [6.07, 6.45) is 9.76. The molecule has 0 aliphatic heterocycles. The minimum absolute atomic E-state index is 0.495. The average Bonchev–Trinajstić information content (AvgIpc) is 2.51. The van der Waals surface area contributed by atoms with Crippen LogP contribution in [0.15, 0.2) is 0 Å². The van der Waals surface area contributed by atoms with Crippen LogP contribution in [-0.4, -0.2) is 9.78 Å². The quantitative estimate of drug-likeness (QED) is 0.898. The van der Waals surface area contributed by atoms with E-state index in [0.717, 1.165) is 18.2 Å². The second kappa shape index (κ2) is 3.85. The highest BCUT2D eigenvalue weighted by atomic mass is 15.3. The second-order valence-corrected chi connectivity index (χ2v) is 9.39. The first kappa shape index (κ1) is 13.7. The molecule has 1 heterocycles. The van der Waals surface area contributed by atoms with Crippen molar-refractivity contribution in [2.45, 2.75) is 65.7 Å². The van der Waals surface area contributed by atoms with Gasteiger partial charge in [0.1, 0.15) is 5.82 Å². The maximum absolute atomic E-state index is 6.12. The van der Waals surface area contributed by atoms with E-state index in [0.29, 0.717) is 16.2 Å². The zero-order chi connectivity index (χ0) is 15.0. The van der Waals surface area contributed by atoms with Crippen LogP contribution in [-0.2, 0) is 13.5 Å². The number of anilines is 1. The Hall–Kier alpha value is -0.990. The number of rotatable bonds is 2. The molecule has 116 valence electrons. The number of hydrogen-bond acceptors (Lipinski definition) is 2. The zero-order valence-corrected chi connectivity index (χ0v) is 14.0. The van der Waals surface area contributed by atoms with E-state index in [4.69, 9.17) is 10.8 Å². The second-order valence-electron chi connectivity index (χ2n) is 9.39. The fraction of sp³-hybridized carbons (Fsp3) is 0.833. The third-order valence-electron chi connectivity index (χ3n) is 6.72. The van der Waals surface area contributed by atoms with E-state index in [1.165, 1.54) is 49.8 Å². The third-order valence-corrected chi connectivity index (χ3v) is 6.72. The number of nitrogens with zero attached hydrogens (tertiary/aromatic N) is 2. The van der Waals surface area contributed by atoms with Gasteiger partial charge in [0.25, 0.3) is 0 Å². The third kappa shape index (κ3) is 1.96. The van der Waals surface area contributed by atoms with Crippen molar-refractivity contribution in [3.8, 4) is 0 Å². The molecule has 2 unspecified atom stereocenters. The van der Waals surface area contributed by atoms with Gasteiger partial charge in [-0.15, -0.1) is 0 Å². The monoisotopic (exact) mass is 287 g/mol. The van der Waals surface area contributed by atoms with Crippen LogP contribution in [0.2, 0.25) is 0 Å². The van der Waals surface area contributed by atoms with Gasteiger partial charge in [-0.2, -0.15) is 5.10 Å². The van der Waals surface area contributed by atoms with E-state index in [9.17, 15) is 0 Å². The van der Waals surface area contributed by atoms with Crippen LogP contribution >= 0.6 is 0 Å². The highest BCUT2D eigenvalue weighted by Crippen LogP contribution is 2.70. The Morgan fingerprint density at radius 3 is 2.24 bits per heavy atom. The normalized spacial score (nSPS) is 44.5. The lowest BCUT2D eigenvalue weighted by Gasteiger charge is -2.65. The van der Waals surface area contributed by atoms with E-state index < -0.39 is 0 Å². The molecule has 2 N–H and O–H groups in total. The fourth-order valence-corrected chi connectivity index (χ4v) is 7.11. The summed E-state index contributed by atoms with van der Waals surface area (Å²) in [4.78, 5) is 0. The lowest BCUT2D eigenvalue weighted by Crippen LogP contribution is -2.55. The summed E-state index contributed by atoms with van der Waals surface area (Å²) in [5, 5.41) is 4.72. The molecule has 4 aliphatic carbocycles. The van der Waals surface area contributed by atoms with Crippen molar-refractivity contribution in [3.05, 3.63) is 11.3 Å². The maximum atomic E-state index is 6.12. The van der Waals surface area contributed by atoms with Crippen molar-refractivity contribution in [3.63, 3.8) is 0 Å². The molecule has 4 saturated carbocycles. The largest absolute Gasteiger partial charge is 0.384 e. The van der Waals surface area contributed by atoms with E-state index in [1.54, 1.807) is 0 Å². The van der Waals surface area contributed by atoms with Gasteiger partial charge >= 0.3 is 0 Å². The van der Waals surface area contributed by atoms with Crippen molar-refractivity contribution in [1.82, 2.24) is 9.78 Å². The Balaban J connectivity index is 1.69. The van der Waals surface area contributed by atoms with Gasteiger partial charge in [-0.05, 0) is 74.0 Å². The molecule has 4 aliphatic rings. The van der Waals surface area contributed by atoms with Gasteiger partial charge in [-0.3, -0.25) is 4.68 Å². The van der Waals surface area contributed by atoms with E-state index in [2.05, 4.69) is 20.8 Å². The lowest BCUT2D eigenvalue weighted by molar-refractivity contribution is -0.144. The molecular formula is C18H29N3. The van der Waals surface area contributed by atoms with Crippen LogP contribution in [0.5, 0.6) is 0 Å². The molecule has 3 heteroatoms. The Labute approximate surface area is 128 Å². The lowest BCUT2D eigenvalue weighted by atomic mass is 9.39. The summed E-state index contributed by atoms with van der Waals surface area (Å²) in [6, 6.07) is 0. The first-order valence-corrected chi connectivity index (χ1v) is 8.50. The van der Waals surface area contributed by atoms with Crippen LogP contribution in [0.1, 0.15) is 63.6 Å². The number of aryl methyl sites for hydroxylation is 1. The molecule has 0 aromatic carbocycles. The van der Waals surface area contributed by atoms with Gasteiger partial charge in [0.05, 0.1) is 5.69 Å². The van der Waals surface area contributed by atoms with Gasteiger partial charge in [0, 0.05) is 12.6 Å². The Morgan fingerprint density at radius 1 is 1.14 bits per heavy atom. The minimum Gasteiger partial charge on any atom is -0.384 e. The highest BCUT2D eigenvalue weighted by molar-refractivity contribution is 5.42.